The minimum Gasteiger partial charge on any atom is -0.406 e. The number of rotatable bonds is 4. The van der Waals surface area contributed by atoms with E-state index in [1.807, 2.05) is 0 Å². The molecule has 26 heavy (non-hydrogen) atoms. The predicted octanol–water partition coefficient (Wildman–Crippen LogP) is 3.47. The van der Waals surface area contributed by atoms with Crippen LogP contribution in [-0.2, 0) is 0 Å². The molecule has 3 rings (SSSR count). The number of hydrogen-bond donors (Lipinski definition) is 2. The second-order valence-corrected chi connectivity index (χ2v) is 5.01. The summed E-state index contributed by atoms with van der Waals surface area (Å²) in [5.74, 6) is -1.26. The number of nitrogens with one attached hydrogen (secondary N) is 1. The van der Waals surface area contributed by atoms with E-state index in [1.165, 1.54) is 18.3 Å². The first-order valence-corrected chi connectivity index (χ1v) is 7.17. The maximum absolute atomic E-state index is 12.5. The fourth-order valence-electron chi connectivity index (χ4n) is 2.13. The number of benzene rings is 1. The van der Waals surface area contributed by atoms with Gasteiger partial charge >= 0.3 is 6.36 Å². The molecule has 0 aliphatic rings. The zero-order valence-electron chi connectivity index (χ0n) is 12.9. The van der Waals surface area contributed by atoms with Crippen molar-refractivity contribution in [1.82, 2.24) is 10.1 Å². The van der Waals surface area contributed by atoms with Gasteiger partial charge in [-0.1, -0.05) is 11.2 Å². The molecule has 10 heteroatoms. The van der Waals surface area contributed by atoms with Gasteiger partial charge in [0.05, 0.1) is 5.69 Å². The number of amides is 1. The second kappa shape index (κ2) is 6.75. The van der Waals surface area contributed by atoms with E-state index in [9.17, 15) is 18.0 Å². The van der Waals surface area contributed by atoms with Gasteiger partial charge in [-0.2, -0.15) is 0 Å². The van der Waals surface area contributed by atoms with Crippen molar-refractivity contribution in [3.05, 3.63) is 54.2 Å². The Labute approximate surface area is 144 Å². The van der Waals surface area contributed by atoms with Gasteiger partial charge in [0.1, 0.15) is 17.0 Å². The van der Waals surface area contributed by atoms with Gasteiger partial charge < -0.3 is 20.3 Å². The number of carbonyl (C=O) groups is 1. The van der Waals surface area contributed by atoms with Crippen molar-refractivity contribution in [2.24, 2.45) is 0 Å². The minimum atomic E-state index is -4.79. The number of hydrogen-bond acceptors (Lipinski definition) is 6. The summed E-state index contributed by atoms with van der Waals surface area (Å²) in [6.07, 6.45) is -3.28. The third-order valence-corrected chi connectivity index (χ3v) is 3.20. The van der Waals surface area contributed by atoms with Crippen LogP contribution in [0.25, 0.3) is 11.4 Å². The molecule has 2 aromatic heterocycles. The number of nitrogens with two attached hydrogens (primary N) is 1. The van der Waals surface area contributed by atoms with E-state index in [1.54, 1.807) is 18.2 Å². The first-order chi connectivity index (χ1) is 12.3. The SMILES string of the molecule is Nc1onc(-c2ccccn2)c1C(=O)Nc1ccc(OC(F)(F)F)cc1. The quantitative estimate of drug-likeness (QED) is 0.735. The maximum atomic E-state index is 12.5. The summed E-state index contributed by atoms with van der Waals surface area (Å²) in [6.45, 7) is 0. The van der Waals surface area contributed by atoms with Crippen LogP contribution in [0.5, 0.6) is 5.75 Å². The van der Waals surface area contributed by atoms with Crippen LogP contribution in [0.2, 0.25) is 0 Å². The molecule has 0 spiro atoms. The standard InChI is InChI=1S/C16H11F3N4O3/c17-16(18,19)25-10-6-4-9(5-7-10)22-15(24)12-13(23-26-14(12)20)11-3-1-2-8-21-11/h1-8H,20H2,(H,22,24). The number of nitrogen functional groups attached to an aromatic ring is 1. The van der Waals surface area contributed by atoms with Gasteiger partial charge in [0.2, 0.25) is 5.88 Å². The van der Waals surface area contributed by atoms with Crippen LogP contribution in [0, 0.1) is 0 Å². The molecule has 0 bridgehead atoms. The van der Waals surface area contributed by atoms with Gasteiger partial charge in [0.25, 0.3) is 5.91 Å². The van der Waals surface area contributed by atoms with E-state index in [4.69, 9.17) is 10.3 Å². The molecule has 2 heterocycles. The number of alkyl halides is 3. The Kier molecular flexibility index (Phi) is 4.48. The molecule has 134 valence electrons. The highest BCUT2D eigenvalue weighted by atomic mass is 19.4. The van der Waals surface area contributed by atoms with Gasteiger partial charge in [0.15, 0.2) is 0 Å². The molecule has 1 amide bonds. The van der Waals surface area contributed by atoms with Crippen LogP contribution < -0.4 is 15.8 Å². The highest BCUT2D eigenvalue weighted by molar-refractivity contribution is 6.10. The zero-order valence-corrected chi connectivity index (χ0v) is 12.9. The summed E-state index contributed by atoms with van der Waals surface area (Å²) in [4.78, 5) is 16.6. The Balaban J connectivity index is 1.80. The van der Waals surface area contributed by atoms with Crippen molar-refractivity contribution in [3.8, 4) is 17.1 Å². The highest BCUT2D eigenvalue weighted by Gasteiger charge is 2.31. The van der Waals surface area contributed by atoms with Crippen molar-refractivity contribution in [2.75, 3.05) is 11.1 Å². The average Bonchev–Trinajstić information content (AvgIpc) is 2.98. The molecule has 0 atom stereocenters. The normalized spacial score (nSPS) is 11.2. The number of anilines is 2. The third-order valence-electron chi connectivity index (χ3n) is 3.20. The van der Waals surface area contributed by atoms with Gasteiger partial charge in [-0.15, -0.1) is 13.2 Å². The smallest absolute Gasteiger partial charge is 0.406 e. The van der Waals surface area contributed by atoms with Crippen LogP contribution in [0.3, 0.4) is 0 Å². The molecule has 0 aliphatic carbocycles. The van der Waals surface area contributed by atoms with Crippen molar-refractivity contribution in [2.45, 2.75) is 6.36 Å². The first kappa shape index (κ1) is 17.3. The fourth-order valence-corrected chi connectivity index (χ4v) is 2.13. The Bertz CT molecular complexity index is 909. The lowest BCUT2D eigenvalue weighted by Gasteiger charge is -2.10. The van der Waals surface area contributed by atoms with Crippen LogP contribution in [0.1, 0.15) is 10.4 Å². The number of aromatic nitrogens is 2. The molecule has 1 aromatic carbocycles. The molecule has 7 nitrogen and oxygen atoms in total. The summed E-state index contributed by atoms with van der Waals surface area (Å²) in [5, 5.41) is 6.24. The maximum Gasteiger partial charge on any atom is 0.573 e. The van der Waals surface area contributed by atoms with E-state index in [2.05, 4.69) is 20.2 Å². The molecular formula is C16H11F3N4O3. The van der Waals surface area contributed by atoms with Crippen LogP contribution >= 0.6 is 0 Å². The van der Waals surface area contributed by atoms with Gasteiger partial charge in [0, 0.05) is 11.9 Å². The monoisotopic (exact) mass is 364 g/mol. The summed E-state index contributed by atoms with van der Waals surface area (Å²) in [7, 11) is 0. The van der Waals surface area contributed by atoms with Crippen LogP contribution in [0.4, 0.5) is 24.7 Å². The second-order valence-electron chi connectivity index (χ2n) is 5.01. The molecule has 3 N–H and O–H groups in total. The van der Waals surface area contributed by atoms with E-state index >= 15 is 0 Å². The minimum absolute atomic E-state index is 0.0284. The molecule has 3 aromatic rings. The number of carbonyl (C=O) groups excluding carboxylic acids is 1. The van der Waals surface area contributed by atoms with E-state index in [0.29, 0.717) is 5.69 Å². The predicted molar refractivity (Wildman–Crippen MR) is 85.2 cm³/mol. The Morgan fingerprint density at radius 1 is 1.15 bits per heavy atom. The third kappa shape index (κ3) is 3.91. The van der Waals surface area contributed by atoms with Gasteiger partial charge in [-0.05, 0) is 36.4 Å². The largest absolute Gasteiger partial charge is 0.573 e. The topological polar surface area (TPSA) is 103 Å². The van der Waals surface area contributed by atoms with Crippen molar-refractivity contribution in [3.63, 3.8) is 0 Å². The highest BCUT2D eigenvalue weighted by Crippen LogP contribution is 2.27. The molecule has 0 radical (unpaired) electrons. The van der Waals surface area contributed by atoms with Crippen molar-refractivity contribution >= 4 is 17.5 Å². The van der Waals surface area contributed by atoms with E-state index in [0.717, 1.165) is 12.1 Å². The number of ether oxygens (including phenoxy) is 1. The van der Waals surface area contributed by atoms with Crippen LogP contribution in [0.15, 0.2) is 53.2 Å². The Hall–Kier alpha value is -3.56. The summed E-state index contributed by atoms with van der Waals surface area (Å²) < 4.78 is 45.1. The van der Waals surface area contributed by atoms with E-state index in [-0.39, 0.29) is 22.8 Å². The Morgan fingerprint density at radius 2 is 1.88 bits per heavy atom. The molecule has 0 saturated heterocycles. The molecular weight excluding hydrogens is 353 g/mol. The zero-order chi connectivity index (χ0) is 18.7. The Morgan fingerprint density at radius 3 is 2.50 bits per heavy atom. The number of halogens is 3. The lowest BCUT2D eigenvalue weighted by molar-refractivity contribution is -0.274. The number of pyridine rings is 1. The van der Waals surface area contributed by atoms with Gasteiger partial charge in [-0.25, -0.2) is 0 Å². The lowest BCUT2D eigenvalue weighted by Crippen LogP contribution is -2.17. The van der Waals surface area contributed by atoms with E-state index < -0.39 is 18.0 Å². The fraction of sp³-hybridized carbons (Fsp3) is 0.0625. The van der Waals surface area contributed by atoms with Crippen molar-refractivity contribution < 1.29 is 27.2 Å². The first-order valence-electron chi connectivity index (χ1n) is 7.17. The molecule has 0 saturated carbocycles. The summed E-state index contributed by atoms with van der Waals surface area (Å²) >= 11 is 0. The summed E-state index contributed by atoms with van der Waals surface area (Å²) in [5.41, 5.74) is 6.40. The van der Waals surface area contributed by atoms with Gasteiger partial charge in [-0.3, -0.25) is 9.78 Å². The van der Waals surface area contributed by atoms with Crippen LogP contribution in [-0.4, -0.2) is 22.4 Å². The lowest BCUT2D eigenvalue weighted by atomic mass is 10.1. The number of nitrogens with zero attached hydrogens (tertiary/aromatic N) is 2. The molecule has 0 fully saturated rings. The summed E-state index contributed by atoms with van der Waals surface area (Å²) in [6, 6.07) is 9.66. The molecule has 0 aliphatic heterocycles. The molecule has 0 unspecified atom stereocenters. The van der Waals surface area contributed by atoms with Crippen molar-refractivity contribution in [1.29, 1.82) is 0 Å². The average molecular weight is 364 g/mol.